The highest BCUT2D eigenvalue weighted by Gasteiger charge is 2.10. The molecular formula is C23H41N2O2P. The van der Waals surface area contributed by atoms with Crippen molar-refractivity contribution in [3.8, 4) is 0 Å². The van der Waals surface area contributed by atoms with Crippen LogP contribution in [0.25, 0.3) is 0 Å². The van der Waals surface area contributed by atoms with Crippen LogP contribution in [-0.4, -0.2) is 18.3 Å². The first-order valence-electron chi connectivity index (χ1n) is 10.9. The van der Waals surface area contributed by atoms with E-state index in [0.29, 0.717) is 24.7 Å². The summed E-state index contributed by atoms with van der Waals surface area (Å²) in [6.45, 7) is 4.92. The Hall–Kier alpha value is -1.22. The molecule has 1 atom stereocenters. The summed E-state index contributed by atoms with van der Waals surface area (Å²) in [4.78, 5) is 11.8. The summed E-state index contributed by atoms with van der Waals surface area (Å²) >= 11 is 0. The van der Waals surface area contributed by atoms with E-state index in [1.165, 1.54) is 38.5 Å². The lowest BCUT2D eigenvalue weighted by atomic mass is 10.1. The SMILES string of the molecule is CCCCC/C=C\CC=C(CC(=CC/C=C\CCCCC)[P+](=N)[O-])NCCO. The maximum atomic E-state index is 11.8. The van der Waals surface area contributed by atoms with E-state index in [-0.39, 0.29) is 6.61 Å². The summed E-state index contributed by atoms with van der Waals surface area (Å²) in [5.74, 6) is 0. The van der Waals surface area contributed by atoms with Crippen molar-refractivity contribution >= 4 is 7.94 Å². The van der Waals surface area contributed by atoms with Gasteiger partial charge in [0, 0.05) is 12.2 Å². The quantitative estimate of drug-likeness (QED) is 0.141. The van der Waals surface area contributed by atoms with Crippen LogP contribution in [0.4, 0.5) is 0 Å². The number of aliphatic hydroxyl groups is 1. The van der Waals surface area contributed by atoms with Crippen molar-refractivity contribution < 1.29 is 10.00 Å². The maximum Gasteiger partial charge on any atom is 0.194 e. The molecule has 0 aliphatic carbocycles. The first-order valence-corrected chi connectivity index (χ1v) is 12.1. The van der Waals surface area contributed by atoms with Crippen LogP contribution in [0.1, 0.15) is 84.5 Å². The Kier molecular flexibility index (Phi) is 19.6. The van der Waals surface area contributed by atoms with Crippen LogP contribution in [0.5, 0.6) is 0 Å². The zero-order chi connectivity index (χ0) is 20.9. The molecule has 0 spiro atoms. The Labute approximate surface area is 173 Å². The van der Waals surface area contributed by atoms with Gasteiger partial charge in [0.1, 0.15) is 5.31 Å². The third-order valence-electron chi connectivity index (χ3n) is 4.37. The number of rotatable bonds is 18. The third-order valence-corrected chi connectivity index (χ3v) is 5.23. The van der Waals surface area contributed by atoms with Gasteiger partial charge in [-0.3, -0.25) is 0 Å². The number of hydrogen-bond acceptors (Lipinski definition) is 4. The van der Waals surface area contributed by atoms with Crippen molar-refractivity contribution in [2.75, 3.05) is 13.2 Å². The molecule has 0 aromatic heterocycles. The molecule has 0 rings (SSSR count). The van der Waals surface area contributed by atoms with Crippen LogP contribution in [0.3, 0.4) is 0 Å². The third kappa shape index (κ3) is 16.9. The van der Waals surface area contributed by atoms with Gasteiger partial charge in [-0.05, 0) is 44.6 Å². The number of aliphatic hydroxyl groups excluding tert-OH is 1. The molecule has 0 fully saturated rings. The van der Waals surface area contributed by atoms with E-state index >= 15 is 0 Å². The van der Waals surface area contributed by atoms with E-state index in [2.05, 4.69) is 49.5 Å². The van der Waals surface area contributed by atoms with Gasteiger partial charge >= 0.3 is 0 Å². The Bertz CT molecular complexity index is 511. The largest absolute Gasteiger partial charge is 0.608 e. The van der Waals surface area contributed by atoms with Gasteiger partial charge < -0.3 is 15.3 Å². The molecule has 4 nitrogen and oxygen atoms in total. The molecule has 3 N–H and O–H groups in total. The van der Waals surface area contributed by atoms with Crippen LogP contribution in [0, 0.1) is 5.16 Å². The van der Waals surface area contributed by atoms with Crippen molar-refractivity contribution in [3.05, 3.63) is 47.5 Å². The second-order valence-electron chi connectivity index (χ2n) is 6.95. The summed E-state index contributed by atoms with van der Waals surface area (Å²) in [7, 11) is -2.10. The zero-order valence-electron chi connectivity index (χ0n) is 18.0. The van der Waals surface area contributed by atoms with Crippen LogP contribution < -0.4 is 10.2 Å². The fourth-order valence-electron chi connectivity index (χ4n) is 2.71. The molecule has 160 valence electrons. The van der Waals surface area contributed by atoms with E-state index in [9.17, 15) is 4.89 Å². The minimum absolute atomic E-state index is 0.0523. The molecule has 0 amide bonds. The lowest BCUT2D eigenvalue weighted by molar-refractivity contribution is -0.154. The number of allylic oxidation sites excluding steroid dienone is 7. The van der Waals surface area contributed by atoms with E-state index in [1.54, 1.807) is 0 Å². The zero-order valence-corrected chi connectivity index (χ0v) is 18.9. The van der Waals surface area contributed by atoms with Gasteiger partial charge in [-0.2, -0.15) is 0 Å². The van der Waals surface area contributed by atoms with E-state index in [4.69, 9.17) is 10.3 Å². The second kappa shape index (κ2) is 20.5. The predicted molar refractivity (Wildman–Crippen MR) is 121 cm³/mol. The average molecular weight is 409 g/mol. The summed E-state index contributed by atoms with van der Waals surface area (Å²) in [6.07, 6.45) is 24.2. The molecular weight excluding hydrogens is 367 g/mol. The summed E-state index contributed by atoms with van der Waals surface area (Å²) < 4.78 is 0. The number of unbranched alkanes of at least 4 members (excludes halogenated alkanes) is 6. The molecule has 0 aromatic carbocycles. The Morgan fingerprint density at radius 3 is 2.00 bits per heavy atom. The Balaban J connectivity index is 4.67. The van der Waals surface area contributed by atoms with Crippen molar-refractivity contribution in [2.45, 2.75) is 84.5 Å². The normalized spacial score (nSPS) is 13.6. The topological polar surface area (TPSA) is 79.2 Å². The highest BCUT2D eigenvalue weighted by atomic mass is 31.1. The molecule has 0 aliphatic rings. The van der Waals surface area contributed by atoms with Gasteiger partial charge in [0.2, 0.25) is 0 Å². The standard InChI is InChI=1S/C23H41N2O2P/c1-3-5-7-9-11-13-15-17-22(25-19-20-26)21-23(28(24)27)18-16-14-12-10-8-6-4-2/h11-14,17-18,24-26H,3-10,15-16,19-21H2,1-2H3/b13-11-,14-12-,22-17?,23-18?. The summed E-state index contributed by atoms with van der Waals surface area (Å²) in [6, 6.07) is 0. The van der Waals surface area contributed by atoms with Gasteiger partial charge in [0.25, 0.3) is 0 Å². The summed E-state index contributed by atoms with van der Waals surface area (Å²) in [5.41, 5.74) is 0.932. The van der Waals surface area contributed by atoms with Gasteiger partial charge in [-0.25, -0.2) is 0 Å². The van der Waals surface area contributed by atoms with Crippen molar-refractivity contribution in [2.24, 2.45) is 0 Å². The second-order valence-corrected chi connectivity index (χ2v) is 8.12. The Morgan fingerprint density at radius 1 is 0.929 bits per heavy atom. The van der Waals surface area contributed by atoms with Crippen LogP contribution in [0.15, 0.2) is 47.5 Å². The van der Waals surface area contributed by atoms with Crippen molar-refractivity contribution in [1.29, 1.82) is 5.16 Å². The van der Waals surface area contributed by atoms with Crippen molar-refractivity contribution in [3.63, 3.8) is 0 Å². The van der Waals surface area contributed by atoms with E-state index in [0.717, 1.165) is 25.0 Å². The lowest BCUT2D eigenvalue weighted by Gasteiger charge is -2.10. The number of hydrogen-bond donors (Lipinski definition) is 3. The first-order chi connectivity index (χ1) is 13.7. The van der Waals surface area contributed by atoms with E-state index in [1.807, 2.05) is 6.08 Å². The van der Waals surface area contributed by atoms with E-state index < -0.39 is 7.94 Å². The van der Waals surface area contributed by atoms with Crippen LogP contribution in [-0.2, 0) is 0 Å². The molecule has 5 heteroatoms. The molecule has 1 unspecified atom stereocenters. The molecule has 0 heterocycles. The highest BCUT2D eigenvalue weighted by molar-refractivity contribution is 7.42. The molecule has 28 heavy (non-hydrogen) atoms. The first kappa shape index (κ1) is 26.8. The monoisotopic (exact) mass is 408 g/mol. The lowest BCUT2D eigenvalue weighted by Crippen LogP contribution is -2.18. The van der Waals surface area contributed by atoms with Gasteiger partial charge in [0.05, 0.1) is 13.0 Å². The fourth-order valence-corrected chi connectivity index (χ4v) is 3.30. The molecule has 0 bridgehead atoms. The van der Waals surface area contributed by atoms with Gasteiger partial charge in [0.15, 0.2) is 7.94 Å². The molecule has 0 aliphatic heterocycles. The predicted octanol–water partition coefficient (Wildman–Crippen LogP) is 6.30. The molecule has 0 saturated carbocycles. The van der Waals surface area contributed by atoms with Crippen LogP contribution in [0.2, 0.25) is 0 Å². The maximum absolute atomic E-state index is 11.8. The fraction of sp³-hybridized carbons (Fsp3) is 0.652. The van der Waals surface area contributed by atoms with Crippen LogP contribution >= 0.6 is 7.94 Å². The molecule has 0 radical (unpaired) electrons. The minimum atomic E-state index is -2.10. The average Bonchev–Trinajstić information content (AvgIpc) is 2.68. The van der Waals surface area contributed by atoms with Gasteiger partial charge in [-0.1, -0.05) is 69.9 Å². The Morgan fingerprint density at radius 2 is 1.50 bits per heavy atom. The number of nitrogens with one attached hydrogen (secondary N) is 2. The smallest absolute Gasteiger partial charge is 0.194 e. The van der Waals surface area contributed by atoms with Gasteiger partial charge in [-0.15, -0.1) is 5.16 Å². The molecule has 0 aromatic rings. The summed E-state index contributed by atoms with van der Waals surface area (Å²) in [5, 5.41) is 20.6. The van der Waals surface area contributed by atoms with Crippen molar-refractivity contribution in [1.82, 2.24) is 5.32 Å². The molecule has 0 saturated heterocycles. The minimum Gasteiger partial charge on any atom is -0.608 e. The highest BCUT2D eigenvalue weighted by Crippen LogP contribution is 2.29.